The minimum atomic E-state index is -0.865. The second-order valence-electron chi connectivity index (χ2n) is 7.03. The molecule has 1 N–H and O–H groups in total. The smallest absolute Gasteiger partial charge is 0.317 e. The van der Waals surface area contributed by atoms with E-state index in [1.54, 1.807) is 16.8 Å². The molecule has 7 nitrogen and oxygen atoms in total. The molecule has 0 aromatic rings. The third kappa shape index (κ3) is 6.03. The summed E-state index contributed by atoms with van der Waals surface area (Å²) in [4.78, 5) is 26.6. The molecular weight excluding hydrogens is 312 g/mol. The van der Waals surface area contributed by atoms with Crippen LogP contribution in [0.2, 0.25) is 0 Å². The summed E-state index contributed by atoms with van der Waals surface area (Å²) in [6, 6.07) is 0. The third-order valence-corrected chi connectivity index (χ3v) is 4.87. The number of carboxylic acids is 1. The van der Waals surface area contributed by atoms with Gasteiger partial charge in [0.15, 0.2) is 0 Å². The van der Waals surface area contributed by atoms with E-state index in [-0.39, 0.29) is 31.3 Å². The van der Waals surface area contributed by atoms with E-state index in [4.69, 9.17) is 14.6 Å². The van der Waals surface area contributed by atoms with E-state index in [0.29, 0.717) is 32.2 Å². The molecule has 0 radical (unpaired) electrons. The number of likely N-dealkylation sites (N-methyl/N-ethyl adjacent to an activating group) is 1. The van der Waals surface area contributed by atoms with Crippen molar-refractivity contribution in [2.75, 3.05) is 46.4 Å². The van der Waals surface area contributed by atoms with Crippen LogP contribution >= 0.6 is 0 Å². The molecule has 2 rings (SSSR count). The van der Waals surface area contributed by atoms with Crippen LogP contribution in [0.25, 0.3) is 0 Å². The van der Waals surface area contributed by atoms with Gasteiger partial charge in [-0.15, -0.1) is 0 Å². The van der Waals surface area contributed by atoms with Gasteiger partial charge in [0.25, 0.3) is 0 Å². The molecule has 1 amide bonds. The first-order chi connectivity index (χ1) is 11.5. The number of carbonyl (C=O) groups is 2. The van der Waals surface area contributed by atoms with Gasteiger partial charge in [-0.1, -0.05) is 19.8 Å². The molecule has 24 heavy (non-hydrogen) atoms. The van der Waals surface area contributed by atoms with Gasteiger partial charge in [-0.05, 0) is 25.8 Å². The lowest BCUT2D eigenvalue weighted by Crippen LogP contribution is -2.50. The number of morpholine rings is 1. The van der Waals surface area contributed by atoms with Gasteiger partial charge >= 0.3 is 5.97 Å². The Hall–Kier alpha value is -1.18. The van der Waals surface area contributed by atoms with Crippen molar-refractivity contribution in [2.24, 2.45) is 5.92 Å². The molecule has 3 atom stereocenters. The van der Waals surface area contributed by atoms with E-state index >= 15 is 0 Å². The monoisotopic (exact) mass is 342 g/mol. The lowest BCUT2D eigenvalue weighted by atomic mass is 9.88. The number of carbonyl (C=O) groups excluding carboxylic acids is 1. The fourth-order valence-corrected chi connectivity index (χ4v) is 3.50. The second-order valence-corrected chi connectivity index (χ2v) is 7.03. The third-order valence-electron chi connectivity index (χ3n) is 4.87. The normalized spacial score (nSPS) is 28.1. The summed E-state index contributed by atoms with van der Waals surface area (Å²) in [5.41, 5.74) is 0. The van der Waals surface area contributed by atoms with Crippen LogP contribution in [-0.4, -0.2) is 85.4 Å². The van der Waals surface area contributed by atoms with Crippen molar-refractivity contribution < 1.29 is 24.2 Å². The summed E-state index contributed by atoms with van der Waals surface area (Å²) >= 11 is 0. The molecule has 7 heteroatoms. The molecule has 0 spiro atoms. The number of hydrogen-bond donors (Lipinski definition) is 1. The summed E-state index contributed by atoms with van der Waals surface area (Å²) in [5.74, 6) is -0.341. The largest absolute Gasteiger partial charge is 0.480 e. The average Bonchev–Trinajstić information content (AvgIpc) is 2.53. The molecule has 1 aliphatic carbocycles. The first-order valence-corrected chi connectivity index (χ1v) is 8.87. The van der Waals surface area contributed by atoms with Gasteiger partial charge in [0.1, 0.15) is 6.61 Å². The number of rotatable bonds is 7. The van der Waals surface area contributed by atoms with E-state index in [1.807, 2.05) is 0 Å². The zero-order valence-corrected chi connectivity index (χ0v) is 14.8. The molecule has 2 fully saturated rings. The van der Waals surface area contributed by atoms with Gasteiger partial charge in [-0.2, -0.15) is 0 Å². The SMILES string of the molecule is CC1CCCCC1OCC(=O)N1CCOC(CN(C)CC(=O)O)C1. The van der Waals surface area contributed by atoms with Gasteiger partial charge in [0, 0.05) is 19.6 Å². The Morgan fingerprint density at radius 1 is 1.33 bits per heavy atom. The Morgan fingerprint density at radius 2 is 2.08 bits per heavy atom. The maximum atomic E-state index is 12.4. The van der Waals surface area contributed by atoms with E-state index < -0.39 is 5.97 Å². The number of hydrogen-bond acceptors (Lipinski definition) is 5. The fraction of sp³-hybridized carbons (Fsp3) is 0.882. The molecule has 0 aromatic carbocycles. The van der Waals surface area contributed by atoms with Crippen LogP contribution < -0.4 is 0 Å². The van der Waals surface area contributed by atoms with Gasteiger partial charge < -0.3 is 19.5 Å². The van der Waals surface area contributed by atoms with Crippen LogP contribution in [0.1, 0.15) is 32.6 Å². The number of ether oxygens (including phenoxy) is 2. The highest BCUT2D eigenvalue weighted by atomic mass is 16.5. The quantitative estimate of drug-likeness (QED) is 0.738. The first kappa shape index (κ1) is 19.1. The predicted molar refractivity (Wildman–Crippen MR) is 88.8 cm³/mol. The summed E-state index contributed by atoms with van der Waals surface area (Å²) in [7, 11) is 1.74. The molecule has 1 saturated heterocycles. The number of amides is 1. The highest BCUT2D eigenvalue weighted by Crippen LogP contribution is 2.26. The fourth-order valence-electron chi connectivity index (χ4n) is 3.50. The zero-order valence-electron chi connectivity index (χ0n) is 14.8. The maximum Gasteiger partial charge on any atom is 0.317 e. The Morgan fingerprint density at radius 3 is 2.79 bits per heavy atom. The van der Waals surface area contributed by atoms with Crippen LogP contribution in [0.15, 0.2) is 0 Å². The molecule has 138 valence electrons. The Balaban J connectivity index is 1.74. The van der Waals surface area contributed by atoms with Crippen LogP contribution in [-0.2, 0) is 19.1 Å². The van der Waals surface area contributed by atoms with Gasteiger partial charge in [-0.25, -0.2) is 0 Å². The highest BCUT2D eigenvalue weighted by Gasteiger charge is 2.27. The van der Waals surface area contributed by atoms with E-state index in [1.165, 1.54) is 19.3 Å². The summed E-state index contributed by atoms with van der Waals surface area (Å²) in [6.45, 7) is 4.34. The summed E-state index contributed by atoms with van der Waals surface area (Å²) in [5, 5.41) is 8.81. The first-order valence-electron chi connectivity index (χ1n) is 8.87. The van der Waals surface area contributed by atoms with Crippen LogP contribution in [0.3, 0.4) is 0 Å². The molecule has 2 aliphatic rings. The number of nitrogens with zero attached hydrogens (tertiary/aromatic N) is 2. The summed E-state index contributed by atoms with van der Waals surface area (Å²) < 4.78 is 11.5. The van der Waals surface area contributed by atoms with Crippen molar-refractivity contribution in [3.05, 3.63) is 0 Å². The molecular formula is C17H30N2O5. The average molecular weight is 342 g/mol. The van der Waals surface area contributed by atoms with Gasteiger partial charge in [0.05, 0.1) is 25.4 Å². The molecule has 1 saturated carbocycles. The molecule has 1 aliphatic heterocycles. The van der Waals surface area contributed by atoms with Crippen molar-refractivity contribution >= 4 is 11.9 Å². The minimum Gasteiger partial charge on any atom is -0.480 e. The van der Waals surface area contributed by atoms with Crippen molar-refractivity contribution in [1.29, 1.82) is 0 Å². The lowest BCUT2D eigenvalue weighted by Gasteiger charge is -2.35. The molecule has 0 bridgehead atoms. The zero-order chi connectivity index (χ0) is 17.5. The Kier molecular flexibility index (Phi) is 7.45. The molecule has 3 unspecified atom stereocenters. The standard InChI is InChI=1S/C17H30N2O5/c1-13-5-3-4-6-15(13)24-12-16(20)19-7-8-23-14(10-19)9-18(2)11-17(21)22/h13-15H,3-12H2,1-2H3,(H,21,22). The minimum absolute atomic E-state index is 0.00182. The van der Waals surface area contributed by atoms with E-state index in [2.05, 4.69) is 6.92 Å². The van der Waals surface area contributed by atoms with E-state index in [0.717, 1.165) is 6.42 Å². The van der Waals surface area contributed by atoms with Gasteiger partial charge in [0.2, 0.25) is 5.91 Å². The topological polar surface area (TPSA) is 79.3 Å². The van der Waals surface area contributed by atoms with Crippen molar-refractivity contribution in [1.82, 2.24) is 9.80 Å². The van der Waals surface area contributed by atoms with Crippen LogP contribution in [0, 0.1) is 5.92 Å². The van der Waals surface area contributed by atoms with Crippen LogP contribution in [0.4, 0.5) is 0 Å². The van der Waals surface area contributed by atoms with Gasteiger partial charge in [-0.3, -0.25) is 14.5 Å². The lowest BCUT2D eigenvalue weighted by molar-refractivity contribution is -0.148. The van der Waals surface area contributed by atoms with E-state index in [9.17, 15) is 9.59 Å². The highest BCUT2D eigenvalue weighted by molar-refractivity contribution is 5.77. The Bertz CT molecular complexity index is 431. The summed E-state index contributed by atoms with van der Waals surface area (Å²) in [6.07, 6.45) is 4.69. The number of aliphatic carboxylic acids is 1. The number of carboxylic acid groups (broad SMARTS) is 1. The molecule has 0 aromatic heterocycles. The second kappa shape index (κ2) is 9.34. The predicted octanol–water partition coefficient (Wildman–Crippen LogP) is 0.826. The van der Waals surface area contributed by atoms with Crippen molar-refractivity contribution in [2.45, 2.75) is 44.8 Å². The molecule has 1 heterocycles. The van der Waals surface area contributed by atoms with Crippen molar-refractivity contribution in [3.8, 4) is 0 Å². The maximum absolute atomic E-state index is 12.4. The van der Waals surface area contributed by atoms with Crippen molar-refractivity contribution in [3.63, 3.8) is 0 Å². The van der Waals surface area contributed by atoms with Crippen LogP contribution in [0.5, 0.6) is 0 Å². The Labute approximate surface area is 143 Å².